The summed E-state index contributed by atoms with van der Waals surface area (Å²) in [6, 6.07) is 5.28. The molecule has 0 fully saturated rings. The summed E-state index contributed by atoms with van der Waals surface area (Å²) in [5.74, 6) is 1.32. The summed E-state index contributed by atoms with van der Waals surface area (Å²) in [7, 11) is 3.19. The first-order valence-corrected chi connectivity index (χ1v) is 9.66. The van der Waals surface area contributed by atoms with Crippen LogP contribution in [0.25, 0.3) is 0 Å². The van der Waals surface area contributed by atoms with Crippen LogP contribution >= 0.6 is 11.3 Å². The fourth-order valence-electron chi connectivity index (χ4n) is 3.04. The summed E-state index contributed by atoms with van der Waals surface area (Å²) in [6.07, 6.45) is 4.63. The van der Waals surface area contributed by atoms with Crippen LogP contribution in [0.3, 0.4) is 0 Å². The first-order valence-electron chi connectivity index (χ1n) is 8.84. The Morgan fingerprint density at radius 3 is 2.73 bits per heavy atom. The largest absolute Gasteiger partial charge is 0.493 e. The van der Waals surface area contributed by atoms with Gasteiger partial charge in [-0.05, 0) is 50.3 Å². The van der Waals surface area contributed by atoms with Crippen molar-refractivity contribution in [2.75, 3.05) is 14.2 Å². The molecule has 1 heterocycles. The maximum absolute atomic E-state index is 12.2. The number of nitrogens with zero attached hydrogens (tertiary/aromatic N) is 1. The summed E-state index contributed by atoms with van der Waals surface area (Å²) in [4.78, 5) is 18.3. The lowest BCUT2D eigenvalue weighted by molar-refractivity contribution is 0.237. The smallest absolute Gasteiger partial charge is 0.315 e. The first-order chi connectivity index (χ1) is 12.6. The van der Waals surface area contributed by atoms with E-state index in [0.29, 0.717) is 18.0 Å². The number of aromatic nitrogens is 1. The van der Waals surface area contributed by atoms with Crippen molar-refractivity contribution >= 4 is 17.4 Å². The van der Waals surface area contributed by atoms with Crippen LogP contribution in [-0.2, 0) is 19.4 Å². The molecule has 0 aliphatic heterocycles. The van der Waals surface area contributed by atoms with E-state index in [1.165, 1.54) is 23.4 Å². The van der Waals surface area contributed by atoms with Gasteiger partial charge in [0.05, 0.1) is 26.0 Å². The standard InChI is InChI=1S/C19H25N3O3S/c1-12(18-22-14-6-4-5-7-17(14)26-18)21-19(23)20-11-13-8-9-15(24-2)16(10-13)25-3/h8-10,12H,4-7,11H2,1-3H3,(H2,20,21,23)/t12-/m0/s1. The minimum atomic E-state index is -0.208. The van der Waals surface area contributed by atoms with E-state index in [-0.39, 0.29) is 12.1 Å². The Morgan fingerprint density at radius 1 is 1.23 bits per heavy atom. The molecule has 1 aromatic carbocycles. The number of methoxy groups -OCH3 is 2. The number of benzene rings is 1. The summed E-state index contributed by atoms with van der Waals surface area (Å²) >= 11 is 1.72. The second-order valence-corrected chi connectivity index (χ2v) is 7.48. The van der Waals surface area contributed by atoms with Gasteiger partial charge < -0.3 is 20.1 Å². The van der Waals surface area contributed by atoms with E-state index in [1.807, 2.05) is 25.1 Å². The van der Waals surface area contributed by atoms with Crippen LogP contribution in [0.1, 0.15) is 46.9 Å². The second-order valence-electron chi connectivity index (χ2n) is 6.37. The minimum absolute atomic E-state index is 0.101. The zero-order chi connectivity index (χ0) is 18.5. The summed E-state index contributed by atoms with van der Waals surface area (Å²) in [5.41, 5.74) is 2.16. The summed E-state index contributed by atoms with van der Waals surface area (Å²) < 4.78 is 10.5. The van der Waals surface area contributed by atoms with Gasteiger partial charge >= 0.3 is 6.03 Å². The number of fused-ring (bicyclic) bond motifs is 1. The third-order valence-electron chi connectivity index (χ3n) is 4.48. The molecule has 2 amide bonds. The monoisotopic (exact) mass is 375 g/mol. The third-order valence-corrected chi connectivity index (χ3v) is 5.82. The molecular formula is C19H25N3O3S. The Hall–Kier alpha value is -2.28. The molecule has 26 heavy (non-hydrogen) atoms. The van der Waals surface area contributed by atoms with Gasteiger partial charge in [-0.15, -0.1) is 11.3 Å². The van der Waals surface area contributed by atoms with Gasteiger partial charge in [0.2, 0.25) is 0 Å². The Bertz CT molecular complexity index is 752. The molecular weight excluding hydrogens is 350 g/mol. The topological polar surface area (TPSA) is 72.5 Å². The van der Waals surface area contributed by atoms with Crippen LogP contribution in [0.5, 0.6) is 11.5 Å². The zero-order valence-electron chi connectivity index (χ0n) is 15.4. The van der Waals surface area contributed by atoms with E-state index in [2.05, 4.69) is 10.6 Å². The van der Waals surface area contributed by atoms with Crippen LogP contribution in [0, 0.1) is 0 Å². The fraction of sp³-hybridized carbons (Fsp3) is 0.474. The SMILES string of the molecule is COc1ccc(CNC(=O)N[C@@H](C)c2nc3c(s2)CCCC3)cc1OC. The first kappa shape index (κ1) is 18.5. The van der Waals surface area contributed by atoms with E-state index in [4.69, 9.17) is 14.5 Å². The number of thiazole rings is 1. The van der Waals surface area contributed by atoms with Crippen molar-refractivity contribution in [1.29, 1.82) is 0 Å². The van der Waals surface area contributed by atoms with Gasteiger partial charge in [0.15, 0.2) is 11.5 Å². The maximum atomic E-state index is 12.2. The normalized spacial score (nSPS) is 14.3. The van der Waals surface area contributed by atoms with E-state index >= 15 is 0 Å². The fourth-order valence-corrected chi connectivity index (χ4v) is 4.20. The number of carbonyl (C=O) groups excluding carboxylic acids is 1. The van der Waals surface area contributed by atoms with Gasteiger partial charge in [-0.1, -0.05) is 6.07 Å². The van der Waals surface area contributed by atoms with Crippen molar-refractivity contribution in [3.8, 4) is 11.5 Å². The highest BCUT2D eigenvalue weighted by molar-refractivity contribution is 7.11. The highest BCUT2D eigenvalue weighted by atomic mass is 32.1. The number of nitrogens with one attached hydrogen (secondary N) is 2. The quantitative estimate of drug-likeness (QED) is 0.809. The Kier molecular flexibility index (Phi) is 5.98. The van der Waals surface area contributed by atoms with E-state index in [9.17, 15) is 4.79 Å². The van der Waals surface area contributed by atoms with Crippen LogP contribution < -0.4 is 20.1 Å². The Labute approximate surface area is 157 Å². The second kappa shape index (κ2) is 8.40. The van der Waals surface area contributed by atoms with Crippen LogP contribution in [-0.4, -0.2) is 25.2 Å². The van der Waals surface area contributed by atoms with E-state index in [1.54, 1.807) is 25.6 Å². The summed E-state index contributed by atoms with van der Waals surface area (Å²) in [5, 5.41) is 6.83. The number of hydrogen-bond donors (Lipinski definition) is 2. The molecule has 140 valence electrons. The number of ether oxygens (including phenoxy) is 2. The Morgan fingerprint density at radius 2 is 2.00 bits per heavy atom. The van der Waals surface area contributed by atoms with Crippen molar-refractivity contribution in [2.24, 2.45) is 0 Å². The van der Waals surface area contributed by atoms with Crippen LogP contribution in [0.4, 0.5) is 4.79 Å². The molecule has 0 spiro atoms. The predicted molar refractivity (Wildman–Crippen MR) is 102 cm³/mol. The van der Waals surface area contributed by atoms with Crippen molar-refractivity contribution in [2.45, 2.75) is 45.2 Å². The molecule has 2 aromatic rings. The molecule has 1 aliphatic carbocycles. The van der Waals surface area contributed by atoms with Gasteiger partial charge in [-0.3, -0.25) is 0 Å². The van der Waals surface area contributed by atoms with E-state index < -0.39 is 0 Å². The van der Waals surface area contributed by atoms with Crippen molar-refractivity contribution in [3.05, 3.63) is 39.3 Å². The van der Waals surface area contributed by atoms with Gasteiger partial charge in [-0.25, -0.2) is 9.78 Å². The average Bonchev–Trinajstić information content (AvgIpc) is 3.10. The molecule has 1 atom stereocenters. The number of carbonyl (C=O) groups is 1. The van der Waals surface area contributed by atoms with Crippen LogP contribution in [0.2, 0.25) is 0 Å². The molecule has 0 unspecified atom stereocenters. The number of amides is 2. The van der Waals surface area contributed by atoms with Gasteiger partial charge in [0.1, 0.15) is 5.01 Å². The molecule has 1 aliphatic rings. The maximum Gasteiger partial charge on any atom is 0.315 e. The molecule has 3 rings (SSSR count). The van der Waals surface area contributed by atoms with Gasteiger partial charge in [-0.2, -0.15) is 0 Å². The molecule has 7 heteroatoms. The molecule has 0 radical (unpaired) electrons. The zero-order valence-corrected chi connectivity index (χ0v) is 16.2. The molecule has 0 bridgehead atoms. The van der Waals surface area contributed by atoms with Crippen molar-refractivity contribution in [1.82, 2.24) is 15.6 Å². The number of urea groups is 1. The van der Waals surface area contributed by atoms with Crippen molar-refractivity contribution < 1.29 is 14.3 Å². The number of hydrogen-bond acceptors (Lipinski definition) is 5. The molecule has 1 aromatic heterocycles. The van der Waals surface area contributed by atoms with Crippen molar-refractivity contribution in [3.63, 3.8) is 0 Å². The number of rotatable bonds is 6. The lowest BCUT2D eigenvalue weighted by Crippen LogP contribution is -2.36. The van der Waals surface area contributed by atoms with Crippen LogP contribution in [0.15, 0.2) is 18.2 Å². The molecule has 6 nitrogen and oxygen atoms in total. The van der Waals surface area contributed by atoms with E-state index in [0.717, 1.165) is 23.4 Å². The minimum Gasteiger partial charge on any atom is -0.493 e. The lowest BCUT2D eigenvalue weighted by atomic mass is 10.0. The van der Waals surface area contributed by atoms with Gasteiger partial charge in [0, 0.05) is 11.4 Å². The lowest BCUT2D eigenvalue weighted by Gasteiger charge is -2.13. The summed E-state index contributed by atoms with van der Waals surface area (Å²) in [6.45, 7) is 2.38. The molecule has 0 saturated carbocycles. The highest BCUT2D eigenvalue weighted by Crippen LogP contribution is 2.30. The number of aryl methyl sites for hydroxylation is 2. The highest BCUT2D eigenvalue weighted by Gasteiger charge is 2.19. The van der Waals surface area contributed by atoms with Gasteiger partial charge in [0.25, 0.3) is 0 Å². The average molecular weight is 375 g/mol. The third kappa shape index (κ3) is 4.27. The molecule has 0 saturated heterocycles. The Balaban J connectivity index is 1.54. The molecule has 2 N–H and O–H groups in total. The predicted octanol–water partition coefficient (Wildman–Crippen LogP) is 3.60.